The number of pyridine rings is 1. The number of aromatic carboxylic acids is 1. The van der Waals surface area contributed by atoms with Crippen LogP contribution in [-0.2, 0) is 0 Å². The molecule has 0 bridgehead atoms. The number of amides is 1. The number of aromatic amines is 1. The summed E-state index contributed by atoms with van der Waals surface area (Å²) < 4.78 is 31.7. The van der Waals surface area contributed by atoms with E-state index in [0.717, 1.165) is 31.4 Å². The molecule has 0 saturated heterocycles. The highest BCUT2D eigenvalue weighted by Crippen LogP contribution is 2.47. The number of H-pyrrole nitrogens is 1. The Morgan fingerprint density at radius 1 is 1.13 bits per heavy atom. The van der Waals surface area contributed by atoms with Gasteiger partial charge in [0.05, 0.1) is 22.6 Å². The highest BCUT2D eigenvalue weighted by Gasteiger charge is 2.37. The monoisotopic (exact) mass is 534 g/mol. The van der Waals surface area contributed by atoms with Gasteiger partial charge in [-0.1, -0.05) is 31.5 Å². The molecule has 1 aliphatic rings. The first kappa shape index (κ1) is 26.3. The summed E-state index contributed by atoms with van der Waals surface area (Å²) >= 11 is 0. The SMILES string of the molecule is CCC(c1ncc[nH]1)n1c(C)c(C(=O)O)c2c([C@@H](c3cccc(F)c3C(N)=O)C3CCC3)ccc(F)c2c1=O. The van der Waals surface area contributed by atoms with Crippen molar-refractivity contribution in [3.05, 3.63) is 98.5 Å². The number of carbonyl (C=O) groups excluding carboxylic acids is 1. The number of nitrogens with zero attached hydrogens (tertiary/aromatic N) is 2. The van der Waals surface area contributed by atoms with E-state index in [2.05, 4.69) is 9.97 Å². The van der Waals surface area contributed by atoms with Crippen LogP contribution >= 0.6 is 0 Å². The Labute approximate surface area is 222 Å². The zero-order chi connectivity index (χ0) is 28.0. The van der Waals surface area contributed by atoms with E-state index >= 15 is 4.39 Å². The minimum atomic E-state index is -1.34. The lowest BCUT2D eigenvalue weighted by Gasteiger charge is -2.36. The van der Waals surface area contributed by atoms with Gasteiger partial charge in [-0.25, -0.2) is 18.6 Å². The molecule has 8 nitrogen and oxygen atoms in total. The van der Waals surface area contributed by atoms with Crippen molar-refractivity contribution in [2.45, 2.75) is 51.5 Å². The summed E-state index contributed by atoms with van der Waals surface area (Å²) in [5.41, 5.74) is 5.13. The van der Waals surface area contributed by atoms with Crippen LogP contribution in [0.25, 0.3) is 10.8 Å². The predicted molar refractivity (Wildman–Crippen MR) is 141 cm³/mol. The second kappa shape index (κ2) is 10.1. The molecule has 2 atom stereocenters. The normalized spacial score (nSPS) is 15.2. The fourth-order valence-corrected chi connectivity index (χ4v) is 6.01. The summed E-state index contributed by atoms with van der Waals surface area (Å²) in [6.45, 7) is 3.33. The lowest BCUT2D eigenvalue weighted by atomic mass is 9.68. The Morgan fingerprint density at radius 3 is 2.44 bits per heavy atom. The van der Waals surface area contributed by atoms with Crippen LogP contribution in [0, 0.1) is 24.5 Å². The number of nitrogens with two attached hydrogens (primary N) is 1. The van der Waals surface area contributed by atoms with Crippen LogP contribution in [0.3, 0.4) is 0 Å². The van der Waals surface area contributed by atoms with Gasteiger partial charge in [-0.05, 0) is 55.4 Å². The second-order valence-electron chi connectivity index (χ2n) is 9.96. The third-order valence-corrected chi connectivity index (χ3v) is 7.92. The average Bonchev–Trinajstić information content (AvgIpc) is 3.38. The standard InChI is InChI=1S/C29H28F2N4O4/c1-3-20(27-33-12-13-34-27)35-14(2)21(29(38)39)24-17(10-11-19(31)25(24)28(35)37)22(15-6-4-7-15)16-8-5-9-18(30)23(16)26(32)36/h5,8-13,15,20,22H,3-4,6-7H2,1-2H3,(H2,32,36)(H,33,34)(H,38,39)/t20?,22-/m1/s1. The van der Waals surface area contributed by atoms with E-state index in [1.807, 2.05) is 6.92 Å². The number of primary amides is 1. The first-order valence-corrected chi connectivity index (χ1v) is 12.8. The molecular formula is C29H28F2N4O4. The molecule has 0 spiro atoms. The van der Waals surface area contributed by atoms with Gasteiger partial charge in [0, 0.05) is 29.4 Å². The maximum atomic E-state index is 15.6. The maximum Gasteiger partial charge on any atom is 0.338 e. The van der Waals surface area contributed by atoms with Crippen LogP contribution in [0.4, 0.5) is 8.78 Å². The molecular weight excluding hydrogens is 506 g/mol. The Kier molecular flexibility index (Phi) is 6.80. The fourth-order valence-electron chi connectivity index (χ4n) is 6.01. The molecule has 10 heteroatoms. The highest BCUT2D eigenvalue weighted by atomic mass is 19.1. The van der Waals surface area contributed by atoms with Crippen LogP contribution in [0.2, 0.25) is 0 Å². The van der Waals surface area contributed by atoms with Crippen molar-refractivity contribution in [1.29, 1.82) is 0 Å². The van der Waals surface area contributed by atoms with Crippen LogP contribution in [0.15, 0.2) is 47.5 Å². The van der Waals surface area contributed by atoms with Crippen LogP contribution in [0.5, 0.6) is 0 Å². The highest BCUT2D eigenvalue weighted by molar-refractivity contribution is 6.06. The van der Waals surface area contributed by atoms with Crippen molar-refractivity contribution in [3.63, 3.8) is 0 Å². The molecule has 39 heavy (non-hydrogen) atoms. The molecule has 4 aromatic rings. The Morgan fingerprint density at radius 2 is 1.87 bits per heavy atom. The number of rotatable bonds is 8. The van der Waals surface area contributed by atoms with Crippen LogP contribution in [-0.4, -0.2) is 31.5 Å². The second-order valence-corrected chi connectivity index (χ2v) is 9.96. The zero-order valence-corrected chi connectivity index (χ0v) is 21.5. The van der Waals surface area contributed by atoms with Gasteiger partial charge in [-0.3, -0.25) is 9.59 Å². The minimum absolute atomic E-state index is 0.0490. The largest absolute Gasteiger partial charge is 0.478 e. The predicted octanol–water partition coefficient (Wildman–Crippen LogP) is 5.04. The third kappa shape index (κ3) is 4.20. The van der Waals surface area contributed by atoms with E-state index in [0.29, 0.717) is 23.4 Å². The van der Waals surface area contributed by atoms with Gasteiger partial charge in [0.2, 0.25) is 0 Å². The van der Waals surface area contributed by atoms with Crippen LogP contribution in [0.1, 0.15) is 87.9 Å². The van der Waals surface area contributed by atoms with E-state index in [9.17, 15) is 23.9 Å². The number of carboxylic acid groups (broad SMARTS) is 1. The quantitative estimate of drug-likeness (QED) is 0.292. The number of carbonyl (C=O) groups is 2. The zero-order valence-electron chi connectivity index (χ0n) is 21.5. The number of hydrogen-bond acceptors (Lipinski definition) is 4. The van der Waals surface area contributed by atoms with E-state index in [4.69, 9.17) is 5.73 Å². The Bertz CT molecular complexity index is 1660. The number of halogens is 2. The van der Waals surface area contributed by atoms with Crippen LogP contribution < -0.4 is 11.3 Å². The number of hydrogen-bond donors (Lipinski definition) is 3. The molecule has 1 unspecified atom stereocenters. The number of imidazole rings is 1. The lowest BCUT2D eigenvalue weighted by Crippen LogP contribution is -2.32. The third-order valence-electron chi connectivity index (χ3n) is 7.92. The van der Waals surface area contributed by atoms with Gasteiger partial charge in [0.25, 0.3) is 11.5 Å². The van der Waals surface area contributed by atoms with E-state index in [1.54, 1.807) is 12.3 Å². The van der Waals surface area contributed by atoms with Crippen molar-refractivity contribution >= 4 is 22.6 Å². The molecule has 1 saturated carbocycles. The Balaban J connectivity index is 1.90. The smallest absolute Gasteiger partial charge is 0.338 e. The molecule has 2 aromatic heterocycles. The van der Waals surface area contributed by atoms with Gasteiger partial charge in [0.1, 0.15) is 17.5 Å². The number of carboxylic acids is 1. The summed E-state index contributed by atoms with van der Waals surface area (Å²) in [6.07, 6.45) is 5.85. The van der Waals surface area contributed by atoms with E-state index < -0.39 is 41.0 Å². The van der Waals surface area contributed by atoms with Gasteiger partial charge in [0.15, 0.2) is 0 Å². The fraction of sp³-hybridized carbons (Fsp3) is 0.310. The van der Waals surface area contributed by atoms with Crippen molar-refractivity contribution in [1.82, 2.24) is 14.5 Å². The van der Waals surface area contributed by atoms with Crippen molar-refractivity contribution in [3.8, 4) is 0 Å². The first-order chi connectivity index (χ1) is 18.7. The topological polar surface area (TPSA) is 131 Å². The molecule has 202 valence electrons. The summed E-state index contributed by atoms with van der Waals surface area (Å²) in [7, 11) is 0. The summed E-state index contributed by atoms with van der Waals surface area (Å²) in [4.78, 5) is 46.3. The van der Waals surface area contributed by atoms with Gasteiger partial charge in [-0.15, -0.1) is 0 Å². The molecule has 4 N–H and O–H groups in total. The molecule has 0 aliphatic heterocycles. The molecule has 1 aliphatic carbocycles. The molecule has 2 aromatic carbocycles. The van der Waals surface area contributed by atoms with Crippen molar-refractivity contribution in [2.24, 2.45) is 11.7 Å². The maximum absolute atomic E-state index is 15.6. The molecule has 0 radical (unpaired) electrons. The lowest BCUT2D eigenvalue weighted by molar-refractivity contribution is 0.0696. The summed E-state index contributed by atoms with van der Waals surface area (Å²) in [5.74, 6) is -4.29. The van der Waals surface area contributed by atoms with E-state index in [-0.39, 0.29) is 33.5 Å². The van der Waals surface area contributed by atoms with Gasteiger partial charge in [-0.2, -0.15) is 0 Å². The summed E-state index contributed by atoms with van der Waals surface area (Å²) in [5, 5.41) is 10.0. The molecule has 5 rings (SSSR count). The number of aromatic nitrogens is 3. The molecule has 1 fully saturated rings. The molecule has 2 heterocycles. The van der Waals surface area contributed by atoms with Gasteiger partial charge < -0.3 is 20.4 Å². The summed E-state index contributed by atoms with van der Waals surface area (Å²) in [6, 6.07) is 6.09. The number of nitrogens with one attached hydrogen (secondary N) is 1. The minimum Gasteiger partial charge on any atom is -0.478 e. The number of benzene rings is 2. The molecule has 1 amide bonds. The Hall–Kier alpha value is -4.34. The van der Waals surface area contributed by atoms with Crippen molar-refractivity contribution < 1.29 is 23.5 Å². The van der Waals surface area contributed by atoms with Gasteiger partial charge >= 0.3 is 5.97 Å². The van der Waals surface area contributed by atoms with E-state index in [1.165, 1.54) is 29.8 Å². The average molecular weight is 535 g/mol. The first-order valence-electron chi connectivity index (χ1n) is 12.8. The van der Waals surface area contributed by atoms with Crippen molar-refractivity contribution in [2.75, 3.05) is 0 Å². The number of fused-ring (bicyclic) bond motifs is 1.